The summed E-state index contributed by atoms with van der Waals surface area (Å²) in [6, 6.07) is 3.67. The number of carbonyl (C=O) groups excluding carboxylic acids is 1. The first-order chi connectivity index (χ1) is 9.99. The van der Waals surface area contributed by atoms with Crippen LogP contribution in [0.5, 0.6) is 0 Å². The summed E-state index contributed by atoms with van der Waals surface area (Å²) < 4.78 is 0. The lowest BCUT2D eigenvalue weighted by atomic mass is 10.1. The third-order valence-electron chi connectivity index (χ3n) is 3.33. The number of anilines is 1. The van der Waals surface area contributed by atoms with E-state index in [4.69, 9.17) is 5.11 Å². The maximum Gasteiger partial charge on any atom is 0.342 e. The molecule has 1 aromatic rings. The van der Waals surface area contributed by atoms with E-state index < -0.39 is 22.1 Å². The van der Waals surface area contributed by atoms with E-state index in [0.717, 1.165) is 38.1 Å². The lowest BCUT2D eigenvalue weighted by Crippen LogP contribution is -2.33. The first-order valence-electron chi connectivity index (χ1n) is 6.52. The third kappa shape index (κ3) is 3.47. The summed E-state index contributed by atoms with van der Waals surface area (Å²) in [7, 11) is 0. The number of amides is 1. The number of benzene rings is 1. The summed E-state index contributed by atoms with van der Waals surface area (Å²) in [6.07, 6.45) is 1.98. The molecule has 2 N–H and O–H groups in total. The number of rotatable bonds is 5. The molecule has 1 aliphatic heterocycles. The molecule has 1 saturated heterocycles. The number of nitrogens with one attached hydrogen (secondary N) is 1. The fraction of sp³-hybridized carbons (Fsp3) is 0.385. The maximum atomic E-state index is 11.9. The molecule has 0 bridgehead atoms. The van der Waals surface area contributed by atoms with Gasteiger partial charge in [-0.05, 0) is 25.0 Å². The normalized spacial score (nSPS) is 14.0. The Morgan fingerprint density at radius 1 is 1.33 bits per heavy atom. The predicted octanol–water partition coefficient (Wildman–Crippen LogP) is 1.33. The van der Waals surface area contributed by atoms with Crippen molar-refractivity contribution in [1.82, 2.24) is 4.90 Å². The zero-order valence-electron chi connectivity index (χ0n) is 11.2. The van der Waals surface area contributed by atoms with Crippen LogP contribution in [-0.2, 0) is 4.79 Å². The molecule has 0 radical (unpaired) electrons. The summed E-state index contributed by atoms with van der Waals surface area (Å²) in [5, 5.41) is 22.5. The number of hydrogen-bond acceptors (Lipinski definition) is 5. The van der Waals surface area contributed by atoms with Gasteiger partial charge in [0.05, 0.1) is 11.5 Å². The minimum Gasteiger partial charge on any atom is -0.477 e. The molecule has 0 saturated carbocycles. The van der Waals surface area contributed by atoms with Gasteiger partial charge in [-0.3, -0.25) is 14.9 Å². The fourth-order valence-electron chi connectivity index (χ4n) is 2.23. The van der Waals surface area contributed by atoms with Gasteiger partial charge in [-0.15, -0.1) is 0 Å². The van der Waals surface area contributed by atoms with E-state index in [0.29, 0.717) is 5.69 Å². The molecule has 0 aromatic heterocycles. The van der Waals surface area contributed by atoms with E-state index in [1.54, 1.807) is 4.90 Å². The fourth-order valence-corrected chi connectivity index (χ4v) is 2.23. The summed E-state index contributed by atoms with van der Waals surface area (Å²) in [5.41, 5.74) is -0.511. The number of carboxylic acids is 1. The zero-order valence-corrected chi connectivity index (χ0v) is 11.2. The van der Waals surface area contributed by atoms with Crippen LogP contribution < -0.4 is 5.32 Å². The summed E-state index contributed by atoms with van der Waals surface area (Å²) in [4.78, 5) is 34.6. The van der Waals surface area contributed by atoms with Crippen LogP contribution in [0.4, 0.5) is 11.4 Å². The number of nitro benzene ring substituents is 1. The molecule has 2 rings (SSSR count). The highest BCUT2D eigenvalue weighted by Crippen LogP contribution is 2.22. The number of likely N-dealkylation sites (tertiary alicyclic amines) is 1. The van der Waals surface area contributed by atoms with Gasteiger partial charge in [0.2, 0.25) is 5.91 Å². The molecule has 0 aliphatic carbocycles. The second kappa shape index (κ2) is 6.21. The molecule has 1 amide bonds. The number of nitro groups is 1. The molecule has 21 heavy (non-hydrogen) atoms. The number of hydrogen-bond donors (Lipinski definition) is 2. The highest BCUT2D eigenvalue weighted by Gasteiger charge is 2.21. The zero-order chi connectivity index (χ0) is 15.4. The van der Waals surface area contributed by atoms with Gasteiger partial charge in [-0.25, -0.2) is 4.79 Å². The third-order valence-corrected chi connectivity index (χ3v) is 3.33. The molecule has 0 unspecified atom stereocenters. The van der Waals surface area contributed by atoms with Crippen molar-refractivity contribution < 1.29 is 19.6 Å². The topological polar surface area (TPSA) is 113 Å². The molecule has 0 atom stereocenters. The summed E-state index contributed by atoms with van der Waals surface area (Å²) in [6.45, 7) is 1.51. The van der Waals surface area contributed by atoms with Gasteiger partial charge in [0.15, 0.2) is 0 Å². The molecule has 112 valence electrons. The van der Waals surface area contributed by atoms with E-state index in [-0.39, 0.29) is 12.5 Å². The van der Waals surface area contributed by atoms with Crippen LogP contribution >= 0.6 is 0 Å². The Kier molecular flexibility index (Phi) is 4.36. The van der Waals surface area contributed by atoms with Crippen LogP contribution in [0, 0.1) is 10.1 Å². The molecule has 8 heteroatoms. The average Bonchev–Trinajstić information content (AvgIpc) is 2.98. The van der Waals surface area contributed by atoms with Crippen molar-refractivity contribution in [2.75, 3.05) is 25.0 Å². The van der Waals surface area contributed by atoms with Gasteiger partial charge in [-0.1, -0.05) is 0 Å². The van der Waals surface area contributed by atoms with Gasteiger partial charge >= 0.3 is 5.97 Å². The molecule has 1 aromatic carbocycles. The van der Waals surface area contributed by atoms with Crippen molar-refractivity contribution in [2.24, 2.45) is 0 Å². The Bertz CT molecular complexity index is 581. The molecular weight excluding hydrogens is 278 g/mol. The van der Waals surface area contributed by atoms with Crippen LogP contribution in [0.15, 0.2) is 18.2 Å². The predicted molar refractivity (Wildman–Crippen MR) is 74.4 cm³/mol. The first-order valence-corrected chi connectivity index (χ1v) is 6.52. The summed E-state index contributed by atoms with van der Waals surface area (Å²) >= 11 is 0. The number of carboxylic acid groups (broad SMARTS) is 1. The lowest BCUT2D eigenvalue weighted by molar-refractivity contribution is -0.385. The second-order valence-corrected chi connectivity index (χ2v) is 4.74. The Labute approximate surface area is 120 Å². The van der Waals surface area contributed by atoms with Crippen LogP contribution in [0.3, 0.4) is 0 Å². The molecule has 1 heterocycles. The van der Waals surface area contributed by atoms with Crippen LogP contribution in [0.1, 0.15) is 23.2 Å². The average molecular weight is 293 g/mol. The van der Waals surface area contributed by atoms with Crippen LogP contribution in [0.2, 0.25) is 0 Å². The maximum absolute atomic E-state index is 11.9. The second-order valence-electron chi connectivity index (χ2n) is 4.74. The van der Waals surface area contributed by atoms with Crippen LogP contribution in [-0.4, -0.2) is 46.4 Å². The van der Waals surface area contributed by atoms with Crippen molar-refractivity contribution in [3.8, 4) is 0 Å². The Balaban J connectivity index is 2.06. The van der Waals surface area contributed by atoms with Gasteiger partial charge in [-0.2, -0.15) is 0 Å². The number of aromatic carboxylic acids is 1. The highest BCUT2D eigenvalue weighted by molar-refractivity contribution is 5.93. The van der Waals surface area contributed by atoms with E-state index in [9.17, 15) is 19.7 Å². The highest BCUT2D eigenvalue weighted by atomic mass is 16.6. The number of nitrogens with zero attached hydrogens (tertiary/aromatic N) is 2. The minimum absolute atomic E-state index is 0.0386. The van der Waals surface area contributed by atoms with Crippen molar-refractivity contribution in [3.63, 3.8) is 0 Å². The molecule has 8 nitrogen and oxygen atoms in total. The molecular formula is C13H15N3O5. The van der Waals surface area contributed by atoms with E-state index in [2.05, 4.69) is 5.32 Å². The first kappa shape index (κ1) is 14.8. The minimum atomic E-state index is -1.38. The van der Waals surface area contributed by atoms with Crippen LogP contribution in [0.25, 0.3) is 0 Å². The van der Waals surface area contributed by atoms with Crippen molar-refractivity contribution in [2.45, 2.75) is 12.8 Å². The van der Waals surface area contributed by atoms with Gasteiger partial charge in [0.1, 0.15) is 5.56 Å². The lowest BCUT2D eigenvalue weighted by Gasteiger charge is -2.16. The molecule has 1 aliphatic rings. The smallest absolute Gasteiger partial charge is 0.342 e. The van der Waals surface area contributed by atoms with Gasteiger partial charge in [0, 0.05) is 24.8 Å². The number of carbonyl (C=O) groups is 2. The van der Waals surface area contributed by atoms with Crippen molar-refractivity contribution in [3.05, 3.63) is 33.9 Å². The van der Waals surface area contributed by atoms with Crippen molar-refractivity contribution in [1.29, 1.82) is 0 Å². The van der Waals surface area contributed by atoms with E-state index >= 15 is 0 Å². The molecule has 0 spiro atoms. The SMILES string of the molecule is O=C(O)c1cc(NCC(=O)N2CCCC2)ccc1[N+](=O)[O-]. The monoisotopic (exact) mass is 293 g/mol. The largest absolute Gasteiger partial charge is 0.477 e. The summed E-state index contributed by atoms with van der Waals surface area (Å²) in [5.74, 6) is -1.45. The molecule has 1 fully saturated rings. The van der Waals surface area contributed by atoms with Gasteiger partial charge in [0.25, 0.3) is 5.69 Å². The Morgan fingerprint density at radius 3 is 2.57 bits per heavy atom. The quantitative estimate of drug-likeness (QED) is 0.625. The van der Waals surface area contributed by atoms with Gasteiger partial charge < -0.3 is 15.3 Å². The van der Waals surface area contributed by atoms with Crippen molar-refractivity contribution >= 4 is 23.3 Å². The Morgan fingerprint density at radius 2 is 2.00 bits per heavy atom. The van der Waals surface area contributed by atoms with E-state index in [1.165, 1.54) is 6.07 Å². The standard InChI is InChI=1S/C13H15N3O5/c17-12(15-5-1-2-6-15)8-14-9-3-4-11(16(20)21)10(7-9)13(18)19/h3-4,7,14H,1-2,5-6,8H2,(H,18,19). The Hall–Kier alpha value is -2.64. The van der Waals surface area contributed by atoms with E-state index in [1.807, 2.05) is 0 Å².